The second-order valence-electron chi connectivity index (χ2n) is 6.73. The molecule has 0 aliphatic rings. The first-order chi connectivity index (χ1) is 14.1. The predicted molar refractivity (Wildman–Crippen MR) is 110 cm³/mol. The van der Waals surface area contributed by atoms with Gasteiger partial charge < -0.3 is 20.7 Å². The zero-order chi connectivity index (χ0) is 20.6. The van der Waals surface area contributed by atoms with Gasteiger partial charge in [-0.05, 0) is 36.2 Å². The summed E-state index contributed by atoms with van der Waals surface area (Å²) in [5.41, 5.74) is 10.1. The first-order valence-corrected chi connectivity index (χ1v) is 9.42. The molecule has 0 bridgehead atoms. The monoisotopic (exact) mass is 392 g/mol. The van der Waals surface area contributed by atoms with Crippen LogP contribution in [-0.4, -0.2) is 27.8 Å². The van der Waals surface area contributed by atoms with Gasteiger partial charge in [-0.15, -0.1) is 0 Å². The van der Waals surface area contributed by atoms with E-state index in [4.69, 9.17) is 20.7 Å². The molecule has 0 spiro atoms. The Balaban J connectivity index is 1.76. The molecule has 0 saturated heterocycles. The second kappa shape index (κ2) is 9.82. The molecule has 2 aromatic carbocycles. The molecule has 1 aromatic heterocycles. The number of carboxylic acid groups (broad SMARTS) is 1. The van der Waals surface area contributed by atoms with E-state index in [9.17, 15) is 4.79 Å². The van der Waals surface area contributed by atoms with Gasteiger partial charge in [-0.2, -0.15) is 0 Å². The van der Waals surface area contributed by atoms with E-state index in [-0.39, 0.29) is 19.1 Å². The molecule has 6 nitrogen and oxygen atoms in total. The van der Waals surface area contributed by atoms with Crippen LogP contribution in [0.25, 0.3) is 11.3 Å². The van der Waals surface area contributed by atoms with Gasteiger partial charge >= 0.3 is 5.97 Å². The Morgan fingerprint density at radius 3 is 2.66 bits per heavy atom. The molecule has 1 heterocycles. The third-order valence-corrected chi connectivity index (χ3v) is 4.52. The molecule has 0 amide bonds. The third-order valence-electron chi connectivity index (χ3n) is 4.52. The van der Waals surface area contributed by atoms with Gasteiger partial charge in [0.1, 0.15) is 12.4 Å². The largest absolute Gasteiger partial charge is 0.489 e. The number of hydrogen-bond donors (Lipinski definition) is 3. The van der Waals surface area contributed by atoms with Crippen LogP contribution in [-0.2, 0) is 17.8 Å². The number of pyridine rings is 1. The number of hydrogen-bond acceptors (Lipinski definition) is 5. The van der Waals surface area contributed by atoms with Gasteiger partial charge in [0.25, 0.3) is 0 Å². The minimum Gasteiger partial charge on any atom is -0.489 e. The first kappa shape index (κ1) is 20.5. The topological polar surface area (TPSA) is 106 Å². The standard InChI is InChI=1S/C23H24N2O4/c24-19(11-12-26)21-9-4-8-20(25-21)17-7-3-5-16(13-17)15-29-22-10-2-1-6-18(22)14-23(27)28/h1-10,13,19,26H,11-12,14-15,24H2,(H,27,28). The molecule has 150 valence electrons. The van der Waals surface area contributed by atoms with Crippen LogP contribution in [0.2, 0.25) is 0 Å². The number of ether oxygens (including phenoxy) is 1. The average molecular weight is 392 g/mol. The second-order valence-corrected chi connectivity index (χ2v) is 6.73. The molecule has 4 N–H and O–H groups in total. The molecular formula is C23H24N2O4. The maximum absolute atomic E-state index is 11.0. The smallest absolute Gasteiger partial charge is 0.307 e. The van der Waals surface area contributed by atoms with Gasteiger partial charge in [0.15, 0.2) is 0 Å². The Kier molecular flexibility index (Phi) is 6.94. The zero-order valence-corrected chi connectivity index (χ0v) is 16.0. The molecule has 3 aromatic rings. The van der Waals surface area contributed by atoms with Gasteiger partial charge in [-0.1, -0.05) is 42.5 Å². The number of carboxylic acids is 1. The van der Waals surface area contributed by atoms with Gasteiger partial charge in [0.05, 0.1) is 17.8 Å². The number of aromatic nitrogens is 1. The van der Waals surface area contributed by atoms with Crippen LogP contribution in [0.3, 0.4) is 0 Å². The molecule has 0 saturated carbocycles. The van der Waals surface area contributed by atoms with Crippen molar-refractivity contribution in [2.75, 3.05) is 6.61 Å². The molecule has 29 heavy (non-hydrogen) atoms. The van der Waals surface area contributed by atoms with E-state index in [2.05, 4.69) is 4.98 Å². The Labute approximate surface area is 169 Å². The van der Waals surface area contributed by atoms with Crippen LogP contribution >= 0.6 is 0 Å². The molecular weight excluding hydrogens is 368 g/mol. The lowest BCUT2D eigenvalue weighted by molar-refractivity contribution is -0.136. The summed E-state index contributed by atoms with van der Waals surface area (Å²) >= 11 is 0. The molecule has 0 aliphatic heterocycles. The van der Waals surface area contributed by atoms with Gasteiger partial charge in [-0.25, -0.2) is 0 Å². The SMILES string of the molecule is NC(CCO)c1cccc(-c2cccc(COc3ccccc3CC(=O)O)c2)n1. The lowest BCUT2D eigenvalue weighted by Gasteiger charge is -2.13. The molecule has 6 heteroatoms. The summed E-state index contributed by atoms with van der Waals surface area (Å²) in [5, 5.41) is 18.1. The van der Waals surface area contributed by atoms with Gasteiger partial charge in [-0.3, -0.25) is 9.78 Å². The Bertz CT molecular complexity index is 974. The predicted octanol–water partition coefficient (Wildman–Crippen LogP) is 3.34. The molecule has 1 unspecified atom stereocenters. The van der Waals surface area contributed by atoms with Crippen molar-refractivity contribution in [2.45, 2.75) is 25.5 Å². The summed E-state index contributed by atoms with van der Waals surface area (Å²) in [7, 11) is 0. The van der Waals surface area contributed by atoms with Crippen molar-refractivity contribution in [2.24, 2.45) is 5.73 Å². The number of rotatable bonds is 9. The van der Waals surface area contributed by atoms with Crippen LogP contribution in [0.1, 0.15) is 29.3 Å². The quantitative estimate of drug-likeness (QED) is 0.516. The van der Waals surface area contributed by atoms with Crippen molar-refractivity contribution in [1.29, 1.82) is 0 Å². The van der Waals surface area contributed by atoms with E-state index in [0.717, 1.165) is 22.5 Å². The molecule has 1 atom stereocenters. The number of carbonyl (C=O) groups is 1. The van der Waals surface area contributed by atoms with E-state index < -0.39 is 5.97 Å². The highest BCUT2D eigenvalue weighted by Crippen LogP contribution is 2.23. The first-order valence-electron chi connectivity index (χ1n) is 9.42. The molecule has 0 fully saturated rings. The van der Waals surface area contributed by atoms with Crippen LogP contribution in [0.4, 0.5) is 0 Å². The maximum atomic E-state index is 11.0. The number of benzene rings is 2. The highest BCUT2D eigenvalue weighted by molar-refractivity contribution is 5.71. The van der Waals surface area contributed by atoms with E-state index in [1.807, 2.05) is 48.5 Å². The fraction of sp³-hybridized carbons (Fsp3) is 0.217. The summed E-state index contributed by atoms with van der Waals surface area (Å²) in [6.07, 6.45) is 0.376. The van der Waals surface area contributed by atoms with E-state index in [1.165, 1.54) is 0 Å². The van der Waals surface area contributed by atoms with Crippen molar-refractivity contribution in [3.63, 3.8) is 0 Å². The molecule has 0 aliphatic carbocycles. The summed E-state index contributed by atoms with van der Waals surface area (Å²) < 4.78 is 5.88. The van der Waals surface area contributed by atoms with Crippen LogP contribution < -0.4 is 10.5 Å². The number of aliphatic hydroxyl groups is 1. The zero-order valence-electron chi connectivity index (χ0n) is 16.0. The van der Waals surface area contributed by atoms with Crippen molar-refractivity contribution >= 4 is 5.97 Å². The average Bonchev–Trinajstić information content (AvgIpc) is 2.73. The van der Waals surface area contributed by atoms with Crippen molar-refractivity contribution in [1.82, 2.24) is 4.98 Å². The minimum absolute atomic E-state index is 0.0171. The maximum Gasteiger partial charge on any atom is 0.307 e. The van der Waals surface area contributed by atoms with Crippen LogP contribution in [0.5, 0.6) is 5.75 Å². The van der Waals surface area contributed by atoms with Crippen molar-refractivity contribution in [3.8, 4) is 17.0 Å². The van der Waals surface area contributed by atoms with Crippen LogP contribution in [0, 0.1) is 0 Å². The Hall–Kier alpha value is -3.22. The molecule has 0 radical (unpaired) electrons. The fourth-order valence-corrected chi connectivity index (χ4v) is 3.04. The highest BCUT2D eigenvalue weighted by atomic mass is 16.5. The van der Waals surface area contributed by atoms with Crippen LogP contribution in [0.15, 0.2) is 66.7 Å². The summed E-state index contributed by atoms with van der Waals surface area (Å²) in [6, 6.07) is 20.3. The highest BCUT2D eigenvalue weighted by Gasteiger charge is 2.10. The van der Waals surface area contributed by atoms with E-state index in [1.54, 1.807) is 18.2 Å². The number of nitrogens with zero attached hydrogens (tertiary/aromatic N) is 1. The molecule has 3 rings (SSSR count). The van der Waals surface area contributed by atoms with Gasteiger partial charge in [0.2, 0.25) is 0 Å². The van der Waals surface area contributed by atoms with Gasteiger partial charge in [0, 0.05) is 23.8 Å². The number of para-hydroxylation sites is 1. The van der Waals surface area contributed by atoms with E-state index in [0.29, 0.717) is 24.3 Å². The summed E-state index contributed by atoms with van der Waals surface area (Å²) in [4.78, 5) is 15.7. The number of nitrogens with two attached hydrogens (primary N) is 1. The van der Waals surface area contributed by atoms with Crippen molar-refractivity contribution in [3.05, 3.63) is 83.6 Å². The Morgan fingerprint density at radius 1 is 1.07 bits per heavy atom. The summed E-state index contributed by atoms with van der Waals surface area (Å²) in [5.74, 6) is -0.330. The summed E-state index contributed by atoms with van der Waals surface area (Å²) in [6.45, 7) is 0.331. The fourth-order valence-electron chi connectivity index (χ4n) is 3.04. The number of aliphatic carboxylic acids is 1. The Morgan fingerprint density at radius 2 is 1.86 bits per heavy atom. The third kappa shape index (κ3) is 5.63. The lowest BCUT2D eigenvalue weighted by atomic mass is 10.1. The normalized spacial score (nSPS) is 11.8. The van der Waals surface area contributed by atoms with E-state index >= 15 is 0 Å². The minimum atomic E-state index is -0.895. The van der Waals surface area contributed by atoms with Crippen molar-refractivity contribution < 1.29 is 19.7 Å². The lowest BCUT2D eigenvalue weighted by Crippen LogP contribution is -2.13. The number of aliphatic hydroxyl groups excluding tert-OH is 1.